The highest BCUT2D eigenvalue weighted by atomic mass is 32.1. The van der Waals surface area contributed by atoms with Crippen molar-refractivity contribution in [2.24, 2.45) is 0 Å². The third-order valence-corrected chi connectivity index (χ3v) is 5.08. The van der Waals surface area contributed by atoms with Gasteiger partial charge in [0.1, 0.15) is 5.75 Å². The highest BCUT2D eigenvalue weighted by Crippen LogP contribution is 2.24. The van der Waals surface area contributed by atoms with E-state index in [2.05, 4.69) is 16.4 Å². The van der Waals surface area contributed by atoms with E-state index in [0.29, 0.717) is 23.7 Å². The molecular weight excluding hydrogens is 368 g/mol. The summed E-state index contributed by atoms with van der Waals surface area (Å²) < 4.78 is 5.74. The van der Waals surface area contributed by atoms with Crippen molar-refractivity contribution >= 4 is 17.2 Å². The predicted molar refractivity (Wildman–Crippen MR) is 112 cm³/mol. The summed E-state index contributed by atoms with van der Waals surface area (Å²) in [6.07, 6.45) is 1.68. The largest absolute Gasteiger partial charge is 0.439 e. The normalized spacial score (nSPS) is 10.4. The number of carbonyl (C=O) groups is 1. The van der Waals surface area contributed by atoms with E-state index in [1.54, 1.807) is 23.6 Å². The summed E-state index contributed by atoms with van der Waals surface area (Å²) in [7, 11) is 0. The summed E-state index contributed by atoms with van der Waals surface area (Å²) in [5.74, 6) is 1.12. The fourth-order valence-electron chi connectivity index (χ4n) is 2.76. The van der Waals surface area contributed by atoms with Gasteiger partial charge in [0, 0.05) is 29.2 Å². The lowest BCUT2D eigenvalue weighted by molar-refractivity contribution is 0.0951. The molecule has 1 N–H and O–H groups in total. The van der Waals surface area contributed by atoms with Crippen LogP contribution in [-0.4, -0.2) is 10.9 Å². The van der Waals surface area contributed by atoms with Crippen molar-refractivity contribution in [3.63, 3.8) is 0 Å². The number of aromatic nitrogens is 1. The summed E-state index contributed by atoms with van der Waals surface area (Å²) in [4.78, 5) is 17.8. The van der Waals surface area contributed by atoms with Crippen molar-refractivity contribution in [1.29, 1.82) is 0 Å². The average molecular weight is 386 g/mol. The molecule has 2 aromatic carbocycles. The van der Waals surface area contributed by atoms with E-state index in [0.717, 1.165) is 11.1 Å². The summed E-state index contributed by atoms with van der Waals surface area (Å²) in [5.41, 5.74) is 2.71. The second kappa shape index (κ2) is 8.50. The van der Waals surface area contributed by atoms with Crippen LogP contribution in [0.15, 0.2) is 90.4 Å². The van der Waals surface area contributed by atoms with Crippen LogP contribution < -0.4 is 10.1 Å². The van der Waals surface area contributed by atoms with E-state index in [9.17, 15) is 4.79 Å². The molecule has 0 spiro atoms. The van der Waals surface area contributed by atoms with Crippen LogP contribution in [0.5, 0.6) is 11.6 Å². The monoisotopic (exact) mass is 386 g/mol. The molecule has 28 heavy (non-hydrogen) atoms. The van der Waals surface area contributed by atoms with Crippen LogP contribution in [0.2, 0.25) is 0 Å². The van der Waals surface area contributed by atoms with Gasteiger partial charge in [0.15, 0.2) is 0 Å². The molecule has 2 heterocycles. The lowest BCUT2D eigenvalue weighted by Crippen LogP contribution is -2.22. The number of nitrogens with zero attached hydrogens (tertiary/aromatic N) is 1. The minimum atomic E-state index is -0.103. The fourth-order valence-corrected chi connectivity index (χ4v) is 3.49. The Morgan fingerprint density at radius 3 is 2.61 bits per heavy atom. The van der Waals surface area contributed by atoms with Crippen molar-refractivity contribution in [3.8, 4) is 22.1 Å². The van der Waals surface area contributed by atoms with E-state index in [-0.39, 0.29) is 5.91 Å². The van der Waals surface area contributed by atoms with Gasteiger partial charge in [-0.15, -0.1) is 11.3 Å². The maximum atomic E-state index is 12.4. The summed E-state index contributed by atoms with van der Waals surface area (Å²) in [6, 6.07) is 24.9. The molecule has 0 radical (unpaired) electrons. The zero-order valence-electron chi connectivity index (χ0n) is 15.0. The molecule has 0 saturated carbocycles. The quantitative estimate of drug-likeness (QED) is 0.474. The zero-order chi connectivity index (χ0) is 19.2. The van der Waals surface area contributed by atoms with Crippen LogP contribution in [0.4, 0.5) is 0 Å². The number of nitrogens with one attached hydrogen (secondary N) is 1. The van der Waals surface area contributed by atoms with Gasteiger partial charge in [0.25, 0.3) is 5.91 Å². The van der Waals surface area contributed by atoms with Gasteiger partial charge in [-0.2, -0.15) is 0 Å². The van der Waals surface area contributed by atoms with Crippen LogP contribution in [0.1, 0.15) is 15.9 Å². The van der Waals surface area contributed by atoms with Crippen molar-refractivity contribution in [2.75, 3.05) is 0 Å². The van der Waals surface area contributed by atoms with Crippen LogP contribution in [-0.2, 0) is 6.54 Å². The average Bonchev–Trinajstić information content (AvgIpc) is 3.28. The SMILES string of the molecule is O=C(NCc1cccc(Oc2ccccn2)c1)c1ccc(-c2cccs2)cc1. The van der Waals surface area contributed by atoms with Gasteiger partial charge in [-0.25, -0.2) is 4.98 Å². The second-order valence-electron chi connectivity index (χ2n) is 6.15. The number of carbonyl (C=O) groups excluding carboxylic acids is 1. The molecule has 4 nitrogen and oxygen atoms in total. The van der Waals surface area contributed by atoms with E-state index in [4.69, 9.17) is 4.74 Å². The Morgan fingerprint density at radius 2 is 1.86 bits per heavy atom. The first-order valence-corrected chi connectivity index (χ1v) is 9.76. The molecule has 138 valence electrons. The molecule has 4 rings (SSSR count). The van der Waals surface area contributed by atoms with Gasteiger partial charge in [0.05, 0.1) is 0 Å². The Labute approximate surface area is 167 Å². The maximum Gasteiger partial charge on any atom is 0.251 e. The first-order valence-electron chi connectivity index (χ1n) is 8.88. The molecule has 2 aromatic heterocycles. The minimum Gasteiger partial charge on any atom is -0.439 e. The van der Waals surface area contributed by atoms with Crippen LogP contribution in [0.3, 0.4) is 0 Å². The number of benzene rings is 2. The molecule has 0 atom stereocenters. The first kappa shape index (κ1) is 17.9. The number of hydrogen-bond donors (Lipinski definition) is 1. The van der Waals surface area contributed by atoms with Gasteiger partial charge >= 0.3 is 0 Å². The number of amides is 1. The van der Waals surface area contributed by atoms with Gasteiger partial charge in [-0.05, 0) is 52.9 Å². The molecule has 1 amide bonds. The number of pyridine rings is 1. The first-order chi connectivity index (χ1) is 13.8. The van der Waals surface area contributed by atoms with Crippen LogP contribution >= 0.6 is 11.3 Å². The maximum absolute atomic E-state index is 12.4. The second-order valence-corrected chi connectivity index (χ2v) is 7.10. The molecule has 0 fully saturated rings. The van der Waals surface area contributed by atoms with E-state index in [1.807, 2.05) is 72.1 Å². The van der Waals surface area contributed by atoms with Crippen molar-refractivity contribution in [3.05, 3.63) is 102 Å². The van der Waals surface area contributed by atoms with Crippen molar-refractivity contribution < 1.29 is 9.53 Å². The molecule has 4 aromatic rings. The van der Waals surface area contributed by atoms with Crippen LogP contribution in [0.25, 0.3) is 10.4 Å². The molecule has 5 heteroatoms. The Balaban J connectivity index is 1.37. The van der Waals surface area contributed by atoms with E-state index >= 15 is 0 Å². The smallest absolute Gasteiger partial charge is 0.251 e. The van der Waals surface area contributed by atoms with E-state index < -0.39 is 0 Å². The van der Waals surface area contributed by atoms with Gasteiger partial charge < -0.3 is 10.1 Å². The van der Waals surface area contributed by atoms with Crippen molar-refractivity contribution in [1.82, 2.24) is 10.3 Å². The molecular formula is C23H18N2O2S. The number of rotatable bonds is 6. The number of thiophene rings is 1. The molecule has 0 aliphatic heterocycles. The van der Waals surface area contributed by atoms with Crippen LogP contribution in [0, 0.1) is 0 Å². The summed E-state index contributed by atoms with van der Waals surface area (Å²) in [5, 5.41) is 5.00. The van der Waals surface area contributed by atoms with Gasteiger partial charge in [-0.1, -0.05) is 36.4 Å². The highest BCUT2D eigenvalue weighted by Gasteiger charge is 2.07. The fraction of sp³-hybridized carbons (Fsp3) is 0.0435. The minimum absolute atomic E-state index is 0.103. The molecule has 0 unspecified atom stereocenters. The lowest BCUT2D eigenvalue weighted by Gasteiger charge is -2.09. The molecule has 0 saturated heterocycles. The molecule has 0 aliphatic carbocycles. The Bertz CT molecular complexity index is 1050. The lowest BCUT2D eigenvalue weighted by atomic mass is 10.1. The van der Waals surface area contributed by atoms with Gasteiger partial charge in [0.2, 0.25) is 5.88 Å². The third-order valence-electron chi connectivity index (χ3n) is 4.16. The standard InChI is InChI=1S/C23H18N2O2S/c26-23(19-11-9-18(10-12-19)21-7-4-14-28-21)25-16-17-5-3-6-20(15-17)27-22-8-1-2-13-24-22/h1-15H,16H2,(H,25,26). The van der Waals surface area contributed by atoms with Gasteiger partial charge in [-0.3, -0.25) is 4.79 Å². The Morgan fingerprint density at radius 1 is 0.964 bits per heavy atom. The molecule has 0 aliphatic rings. The summed E-state index contributed by atoms with van der Waals surface area (Å²) >= 11 is 1.68. The highest BCUT2D eigenvalue weighted by molar-refractivity contribution is 7.13. The number of ether oxygens (including phenoxy) is 1. The predicted octanol–water partition coefficient (Wildman–Crippen LogP) is 5.53. The topological polar surface area (TPSA) is 51.2 Å². The zero-order valence-corrected chi connectivity index (χ0v) is 15.9. The molecule has 0 bridgehead atoms. The van der Waals surface area contributed by atoms with E-state index in [1.165, 1.54) is 4.88 Å². The van der Waals surface area contributed by atoms with Crippen molar-refractivity contribution in [2.45, 2.75) is 6.54 Å². The number of hydrogen-bond acceptors (Lipinski definition) is 4. The Hall–Kier alpha value is -3.44. The third kappa shape index (κ3) is 4.45. The Kier molecular flexibility index (Phi) is 5.45. The summed E-state index contributed by atoms with van der Waals surface area (Å²) in [6.45, 7) is 0.422.